The summed E-state index contributed by atoms with van der Waals surface area (Å²) in [6.45, 7) is 6.40. The predicted molar refractivity (Wildman–Crippen MR) is 118 cm³/mol. The number of aromatic nitrogens is 1. The predicted octanol–water partition coefficient (Wildman–Crippen LogP) is 5.52. The molecule has 0 amide bonds. The van der Waals surface area contributed by atoms with Crippen molar-refractivity contribution in [2.45, 2.75) is 36.9 Å². The molecule has 1 N–H and O–H groups in total. The Labute approximate surface area is 169 Å². The van der Waals surface area contributed by atoms with Crippen molar-refractivity contribution < 1.29 is 8.42 Å². The van der Waals surface area contributed by atoms with E-state index in [0.29, 0.717) is 12.1 Å². The molecule has 2 aromatic carbocycles. The van der Waals surface area contributed by atoms with Gasteiger partial charge in [-0.1, -0.05) is 56.8 Å². The molecular formula is C20H24N2O2S3. The van der Waals surface area contributed by atoms with Gasteiger partial charge in [-0.3, -0.25) is 4.72 Å². The topological polar surface area (TPSA) is 59.1 Å². The standard InChI is InChI=1S/C20H24N2O2S3/c1-20(2,3)15-9-11-16(12-10-15)22-27(23,24)14-6-13-25-19-21-17-7-4-5-8-18(17)26-19/h4-5,7-12,22H,6,13-14H2,1-3H3. The highest BCUT2D eigenvalue weighted by molar-refractivity contribution is 8.01. The molecule has 4 nitrogen and oxygen atoms in total. The van der Waals surface area contributed by atoms with Gasteiger partial charge in [0.05, 0.1) is 16.0 Å². The number of nitrogens with zero attached hydrogens (tertiary/aromatic N) is 1. The van der Waals surface area contributed by atoms with E-state index in [-0.39, 0.29) is 11.2 Å². The van der Waals surface area contributed by atoms with Crippen molar-refractivity contribution in [1.29, 1.82) is 0 Å². The molecule has 3 rings (SSSR count). The van der Waals surface area contributed by atoms with Gasteiger partial charge in [0.2, 0.25) is 10.0 Å². The van der Waals surface area contributed by atoms with Gasteiger partial charge in [0, 0.05) is 11.4 Å². The van der Waals surface area contributed by atoms with Crippen LogP contribution in [0.4, 0.5) is 5.69 Å². The Balaban J connectivity index is 1.49. The molecule has 27 heavy (non-hydrogen) atoms. The maximum atomic E-state index is 12.3. The second-order valence-corrected chi connectivity index (χ2v) is 11.6. The summed E-state index contributed by atoms with van der Waals surface area (Å²) in [5.74, 6) is 0.829. The summed E-state index contributed by atoms with van der Waals surface area (Å²) in [6, 6.07) is 15.6. The molecule has 0 saturated heterocycles. The Morgan fingerprint density at radius 2 is 1.78 bits per heavy atom. The molecule has 1 heterocycles. The van der Waals surface area contributed by atoms with Gasteiger partial charge in [-0.15, -0.1) is 11.3 Å². The number of thioether (sulfide) groups is 1. The summed E-state index contributed by atoms with van der Waals surface area (Å²) in [4.78, 5) is 4.56. The number of nitrogens with one attached hydrogen (secondary N) is 1. The average Bonchev–Trinajstić information content (AvgIpc) is 3.01. The van der Waals surface area contributed by atoms with Crippen LogP contribution in [0.3, 0.4) is 0 Å². The van der Waals surface area contributed by atoms with Gasteiger partial charge in [-0.05, 0) is 41.7 Å². The van der Waals surface area contributed by atoms with E-state index in [9.17, 15) is 8.42 Å². The molecule has 0 aliphatic rings. The van der Waals surface area contributed by atoms with Crippen LogP contribution in [-0.2, 0) is 15.4 Å². The fraction of sp³-hybridized carbons (Fsp3) is 0.350. The molecule has 7 heteroatoms. The second-order valence-electron chi connectivity index (χ2n) is 7.40. The molecule has 0 fully saturated rings. The summed E-state index contributed by atoms with van der Waals surface area (Å²) in [5.41, 5.74) is 2.84. The number of thiazole rings is 1. The van der Waals surface area contributed by atoms with Gasteiger partial charge in [-0.25, -0.2) is 13.4 Å². The van der Waals surface area contributed by atoms with Crippen LogP contribution < -0.4 is 4.72 Å². The molecule has 0 atom stereocenters. The van der Waals surface area contributed by atoms with Crippen LogP contribution in [0.5, 0.6) is 0 Å². The number of rotatable bonds is 7. The maximum absolute atomic E-state index is 12.3. The third-order valence-electron chi connectivity index (χ3n) is 4.08. The lowest BCUT2D eigenvalue weighted by molar-refractivity contribution is 0.590. The van der Waals surface area contributed by atoms with Crippen molar-refractivity contribution in [3.63, 3.8) is 0 Å². The van der Waals surface area contributed by atoms with Crippen LogP contribution in [0.15, 0.2) is 52.9 Å². The lowest BCUT2D eigenvalue weighted by Gasteiger charge is -2.19. The van der Waals surface area contributed by atoms with Gasteiger partial charge in [0.1, 0.15) is 0 Å². The van der Waals surface area contributed by atoms with Crippen molar-refractivity contribution in [3.05, 3.63) is 54.1 Å². The number of para-hydroxylation sites is 1. The summed E-state index contributed by atoms with van der Waals surface area (Å²) in [6.07, 6.45) is 0.579. The summed E-state index contributed by atoms with van der Waals surface area (Å²) < 4.78 is 29.4. The molecule has 0 unspecified atom stereocenters. The monoisotopic (exact) mass is 420 g/mol. The SMILES string of the molecule is CC(C)(C)c1ccc(NS(=O)(=O)CCCSc2nc3ccccc3s2)cc1. The quantitative estimate of drug-likeness (QED) is 0.404. The first-order valence-electron chi connectivity index (χ1n) is 8.82. The molecule has 0 spiro atoms. The van der Waals surface area contributed by atoms with Crippen molar-refractivity contribution in [2.24, 2.45) is 0 Å². The van der Waals surface area contributed by atoms with E-state index >= 15 is 0 Å². The summed E-state index contributed by atoms with van der Waals surface area (Å²) in [5, 5.41) is 0. The van der Waals surface area contributed by atoms with E-state index in [4.69, 9.17) is 0 Å². The summed E-state index contributed by atoms with van der Waals surface area (Å²) >= 11 is 3.26. The minimum atomic E-state index is -3.34. The van der Waals surface area contributed by atoms with Gasteiger partial charge >= 0.3 is 0 Å². The normalized spacial score (nSPS) is 12.4. The van der Waals surface area contributed by atoms with E-state index in [1.54, 1.807) is 23.1 Å². The molecule has 0 radical (unpaired) electrons. The molecule has 0 aliphatic heterocycles. The molecular weight excluding hydrogens is 396 g/mol. The Morgan fingerprint density at radius 1 is 1.07 bits per heavy atom. The lowest BCUT2D eigenvalue weighted by atomic mass is 9.87. The Morgan fingerprint density at radius 3 is 2.44 bits per heavy atom. The van der Waals surface area contributed by atoms with Crippen molar-refractivity contribution in [1.82, 2.24) is 4.98 Å². The van der Waals surface area contributed by atoms with E-state index < -0.39 is 10.0 Å². The molecule has 0 aliphatic carbocycles. The minimum absolute atomic E-state index is 0.0509. The lowest BCUT2D eigenvalue weighted by Crippen LogP contribution is -2.17. The molecule has 1 aromatic heterocycles. The number of anilines is 1. The van der Waals surface area contributed by atoms with Gasteiger partial charge in [0.25, 0.3) is 0 Å². The number of benzene rings is 2. The zero-order chi connectivity index (χ0) is 19.5. The zero-order valence-corrected chi connectivity index (χ0v) is 18.2. The fourth-order valence-electron chi connectivity index (χ4n) is 2.59. The number of fused-ring (bicyclic) bond motifs is 1. The van der Waals surface area contributed by atoms with Crippen LogP contribution in [0.25, 0.3) is 10.2 Å². The first-order valence-corrected chi connectivity index (χ1v) is 12.3. The van der Waals surface area contributed by atoms with E-state index in [0.717, 1.165) is 20.3 Å². The largest absolute Gasteiger partial charge is 0.284 e. The van der Waals surface area contributed by atoms with Crippen LogP contribution >= 0.6 is 23.1 Å². The third kappa shape index (κ3) is 5.70. The summed E-state index contributed by atoms with van der Waals surface area (Å²) in [7, 11) is -3.34. The fourth-order valence-corrected chi connectivity index (χ4v) is 5.97. The highest BCUT2D eigenvalue weighted by atomic mass is 32.2. The van der Waals surface area contributed by atoms with E-state index in [1.807, 2.05) is 42.5 Å². The van der Waals surface area contributed by atoms with Crippen molar-refractivity contribution in [2.75, 3.05) is 16.2 Å². The zero-order valence-electron chi connectivity index (χ0n) is 15.7. The highest BCUT2D eigenvalue weighted by Gasteiger charge is 2.15. The Kier molecular flexibility index (Phi) is 6.13. The van der Waals surface area contributed by atoms with Crippen LogP contribution in [0, 0.1) is 0 Å². The Bertz CT molecular complexity index is 971. The Hall–Kier alpha value is -1.57. The number of sulfonamides is 1. The van der Waals surface area contributed by atoms with Crippen LogP contribution in [0.2, 0.25) is 0 Å². The molecule has 144 valence electrons. The second kappa shape index (κ2) is 8.20. The van der Waals surface area contributed by atoms with Gasteiger partial charge in [0.15, 0.2) is 4.34 Å². The average molecular weight is 421 g/mol. The smallest absolute Gasteiger partial charge is 0.232 e. The van der Waals surface area contributed by atoms with Crippen LogP contribution in [-0.4, -0.2) is 24.9 Å². The number of hydrogen-bond donors (Lipinski definition) is 1. The molecule has 0 saturated carbocycles. The van der Waals surface area contributed by atoms with Crippen molar-refractivity contribution in [3.8, 4) is 0 Å². The minimum Gasteiger partial charge on any atom is -0.284 e. The number of hydrogen-bond acceptors (Lipinski definition) is 5. The maximum Gasteiger partial charge on any atom is 0.232 e. The van der Waals surface area contributed by atoms with E-state index in [2.05, 4.69) is 36.5 Å². The van der Waals surface area contributed by atoms with Crippen LogP contribution in [0.1, 0.15) is 32.8 Å². The van der Waals surface area contributed by atoms with Crippen molar-refractivity contribution >= 4 is 49.0 Å². The third-order valence-corrected chi connectivity index (χ3v) is 7.72. The van der Waals surface area contributed by atoms with Gasteiger partial charge < -0.3 is 0 Å². The van der Waals surface area contributed by atoms with Gasteiger partial charge in [-0.2, -0.15) is 0 Å². The molecule has 3 aromatic rings. The highest BCUT2D eigenvalue weighted by Crippen LogP contribution is 2.29. The first-order chi connectivity index (χ1) is 12.7. The van der Waals surface area contributed by atoms with E-state index in [1.165, 1.54) is 5.56 Å². The first kappa shape index (κ1) is 20.2. The molecule has 0 bridgehead atoms.